The normalized spacial score (nSPS) is 13.4. The molecule has 21 heavy (non-hydrogen) atoms. The third kappa shape index (κ3) is 3.92. The molecule has 2 rings (SSSR count). The summed E-state index contributed by atoms with van der Waals surface area (Å²) in [6.07, 6.45) is 0.766. The highest BCUT2D eigenvalue weighted by molar-refractivity contribution is 5.84. The van der Waals surface area contributed by atoms with Crippen LogP contribution in [0.1, 0.15) is 36.4 Å². The summed E-state index contributed by atoms with van der Waals surface area (Å²) in [5, 5.41) is 3.07. The van der Waals surface area contributed by atoms with E-state index in [1.807, 2.05) is 67.6 Å². The van der Waals surface area contributed by atoms with E-state index in [4.69, 9.17) is 5.73 Å². The quantitative estimate of drug-likeness (QED) is 0.855. The molecule has 0 fully saturated rings. The highest BCUT2D eigenvalue weighted by atomic mass is 16.1. The maximum atomic E-state index is 12.6. The van der Waals surface area contributed by atoms with Crippen LogP contribution in [0.2, 0.25) is 0 Å². The molecule has 0 aliphatic carbocycles. The minimum absolute atomic E-state index is 0.0306. The first-order chi connectivity index (χ1) is 10.3. The minimum Gasteiger partial charge on any atom is -0.347 e. The first-order valence-electron chi connectivity index (χ1n) is 7.36. The van der Waals surface area contributed by atoms with Crippen molar-refractivity contribution >= 4 is 5.91 Å². The van der Waals surface area contributed by atoms with Crippen LogP contribution < -0.4 is 11.1 Å². The first kappa shape index (κ1) is 15.3. The van der Waals surface area contributed by atoms with Gasteiger partial charge in [0.2, 0.25) is 5.91 Å². The predicted octanol–water partition coefficient (Wildman–Crippen LogP) is 3.00. The van der Waals surface area contributed by atoms with E-state index in [2.05, 4.69) is 5.32 Å². The zero-order valence-corrected chi connectivity index (χ0v) is 12.3. The number of carbonyl (C=O) groups excluding carboxylic acids is 1. The van der Waals surface area contributed by atoms with Crippen molar-refractivity contribution in [3.63, 3.8) is 0 Å². The lowest BCUT2D eigenvalue weighted by molar-refractivity contribution is -0.123. The van der Waals surface area contributed by atoms with Gasteiger partial charge in [0.25, 0.3) is 0 Å². The summed E-state index contributed by atoms with van der Waals surface area (Å²) in [5.41, 5.74) is 7.90. The van der Waals surface area contributed by atoms with Gasteiger partial charge in [-0.05, 0) is 17.5 Å². The molecule has 3 nitrogen and oxygen atoms in total. The van der Waals surface area contributed by atoms with Crippen LogP contribution in [0.5, 0.6) is 0 Å². The molecule has 0 radical (unpaired) electrons. The van der Waals surface area contributed by atoms with Crippen LogP contribution in [0.3, 0.4) is 0 Å². The molecule has 0 aromatic heterocycles. The van der Waals surface area contributed by atoms with Crippen molar-refractivity contribution in [3.05, 3.63) is 71.8 Å². The molecule has 0 aliphatic rings. The van der Waals surface area contributed by atoms with Gasteiger partial charge in [0.1, 0.15) is 0 Å². The van der Waals surface area contributed by atoms with Gasteiger partial charge in [0.05, 0.1) is 12.0 Å². The van der Waals surface area contributed by atoms with E-state index in [-0.39, 0.29) is 17.9 Å². The van der Waals surface area contributed by atoms with Gasteiger partial charge >= 0.3 is 0 Å². The molecule has 0 saturated carbocycles. The van der Waals surface area contributed by atoms with E-state index in [9.17, 15) is 4.79 Å². The molecule has 2 aromatic rings. The average molecular weight is 282 g/mol. The Balaban J connectivity index is 2.11. The van der Waals surface area contributed by atoms with Crippen molar-refractivity contribution in [2.75, 3.05) is 6.54 Å². The molecular weight excluding hydrogens is 260 g/mol. The first-order valence-corrected chi connectivity index (χ1v) is 7.36. The number of benzene rings is 2. The number of carbonyl (C=O) groups is 1. The van der Waals surface area contributed by atoms with E-state index < -0.39 is 0 Å². The van der Waals surface area contributed by atoms with Gasteiger partial charge in [-0.3, -0.25) is 4.79 Å². The standard InChI is InChI=1S/C18H22N2O/c1-2-16(14-9-5-3-6-10-14)18(21)20-17(13-19)15-11-7-4-8-12-15/h3-12,16-17H,2,13,19H2,1H3,(H,20,21). The molecule has 2 unspecified atom stereocenters. The molecule has 0 bridgehead atoms. The van der Waals surface area contributed by atoms with Crippen LogP contribution in [-0.2, 0) is 4.79 Å². The van der Waals surface area contributed by atoms with Crippen LogP contribution >= 0.6 is 0 Å². The summed E-state index contributed by atoms with van der Waals surface area (Å²) in [4.78, 5) is 12.6. The topological polar surface area (TPSA) is 55.1 Å². The van der Waals surface area contributed by atoms with Gasteiger partial charge in [0, 0.05) is 6.54 Å². The van der Waals surface area contributed by atoms with Gasteiger partial charge in [-0.15, -0.1) is 0 Å². The van der Waals surface area contributed by atoms with Crippen LogP contribution in [0.25, 0.3) is 0 Å². The predicted molar refractivity (Wildman–Crippen MR) is 85.9 cm³/mol. The number of nitrogens with one attached hydrogen (secondary N) is 1. The molecule has 1 amide bonds. The van der Waals surface area contributed by atoms with E-state index in [1.54, 1.807) is 0 Å². The number of amides is 1. The van der Waals surface area contributed by atoms with Crippen LogP contribution in [0, 0.1) is 0 Å². The lowest BCUT2D eigenvalue weighted by Crippen LogP contribution is -2.36. The zero-order chi connectivity index (χ0) is 15.1. The van der Waals surface area contributed by atoms with Crippen molar-refractivity contribution in [2.24, 2.45) is 5.73 Å². The Hall–Kier alpha value is -2.13. The second-order valence-electron chi connectivity index (χ2n) is 5.08. The van der Waals surface area contributed by atoms with Crippen molar-refractivity contribution in [1.29, 1.82) is 0 Å². The van der Waals surface area contributed by atoms with Crippen molar-refractivity contribution in [2.45, 2.75) is 25.3 Å². The van der Waals surface area contributed by atoms with E-state index in [1.165, 1.54) is 0 Å². The van der Waals surface area contributed by atoms with Crippen molar-refractivity contribution < 1.29 is 4.79 Å². The molecule has 0 heterocycles. The third-order valence-corrected chi connectivity index (χ3v) is 3.68. The van der Waals surface area contributed by atoms with E-state index in [0.29, 0.717) is 6.54 Å². The Kier molecular flexibility index (Phi) is 5.52. The molecule has 110 valence electrons. The molecule has 3 N–H and O–H groups in total. The summed E-state index contributed by atoms with van der Waals surface area (Å²) < 4.78 is 0. The SMILES string of the molecule is CCC(C(=O)NC(CN)c1ccccc1)c1ccccc1. The number of rotatable bonds is 6. The van der Waals surface area contributed by atoms with Gasteiger partial charge in [-0.25, -0.2) is 0 Å². The van der Waals surface area contributed by atoms with Crippen LogP contribution in [0.4, 0.5) is 0 Å². The number of hydrogen-bond donors (Lipinski definition) is 2. The Morgan fingerprint density at radius 3 is 2.00 bits per heavy atom. The average Bonchev–Trinajstić information content (AvgIpc) is 2.55. The zero-order valence-electron chi connectivity index (χ0n) is 12.3. The monoisotopic (exact) mass is 282 g/mol. The van der Waals surface area contributed by atoms with Crippen molar-refractivity contribution in [1.82, 2.24) is 5.32 Å². The molecular formula is C18H22N2O. The van der Waals surface area contributed by atoms with Crippen molar-refractivity contribution in [3.8, 4) is 0 Å². The summed E-state index contributed by atoms with van der Waals surface area (Å²) in [6.45, 7) is 2.41. The van der Waals surface area contributed by atoms with Gasteiger partial charge in [-0.2, -0.15) is 0 Å². The summed E-state index contributed by atoms with van der Waals surface area (Å²) in [6, 6.07) is 19.6. The Morgan fingerprint density at radius 1 is 1.00 bits per heavy atom. The van der Waals surface area contributed by atoms with Gasteiger partial charge in [-0.1, -0.05) is 67.6 Å². The summed E-state index contributed by atoms with van der Waals surface area (Å²) in [7, 11) is 0. The molecule has 2 aromatic carbocycles. The van der Waals surface area contributed by atoms with E-state index >= 15 is 0 Å². The van der Waals surface area contributed by atoms with Crippen LogP contribution in [-0.4, -0.2) is 12.5 Å². The van der Waals surface area contributed by atoms with E-state index in [0.717, 1.165) is 17.5 Å². The fourth-order valence-electron chi connectivity index (χ4n) is 2.49. The lowest BCUT2D eigenvalue weighted by Gasteiger charge is -2.21. The van der Waals surface area contributed by atoms with Crippen LogP contribution in [0.15, 0.2) is 60.7 Å². The lowest BCUT2D eigenvalue weighted by atomic mass is 9.95. The third-order valence-electron chi connectivity index (χ3n) is 3.68. The fraction of sp³-hybridized carbons (Fsp3) is 0.278. The van der Waals surface area contributed by atoms with Gasteiger partial charge in [0.15, 0.2) is 0 Å². The summed E-state index contributed by atoms with van der Waals surface area (Å²) in [5.74, 6) is -0.105. The molecule has 2 atom stereocenters. The highest BCUT2D eigenvalue weighted by Crippen LogP contribution is 2.21. The summed E-state index contributed by atoms with van der Waals surface area (Å²) >= 11 is 0. The smallest absolute Gasteiger partial charge is 0.228 e. The number of nitrogens with two attached hydrogens (primary N) is 1. The molecule has 0 aliphatic heterocycles. The Morgan fingerprint density at radius 2 is 1.52 bits per heavy atom. The maximum absolute atomic E-state index is 12.6. The highest BCUT2D eigenvalue weighted by Gasteiger charge is 2.21. The second kappa shape index (κ2) is 7.60. The largest absolute Gasteiger partial charge is 0.347 e. The maximum Gasteiger partial charge on any atom is 0.228 e. The molecule has 3 heteroatoms. The minimum atomic E-state index is -0.142. The second-order valence-corrected chi connectivity index (χ2v) is 5.08. The van der Waals surface area contributed by atoms with Gasteiger partial charge < -0.3 is 11.1 Å². The molecule has 0 spiro atoms. The Labute approximate surface area is 126 Å². The Bertz CT molecular complexity index is 554. The number of hydrogen-bond acceptors (Lipinski definition) is 2. The fourth-order valence-corrected chi connectivity index (χ4v) is 2.49. The molecule has 0 saturated heterocycles.